The number of ether oxygens (including phenoxy) is 2. The van der Waals surface area contributed by atoms with E-state index in [1.807, 2.05) is 42.5 Å². The average molecular weight is 1200 g/mol. The number of hydrogen-bond acceptors (Lipinski definition) is 10. The van der Waals surface area contributed by atoms with Crippen molar-refractivity contribution in [2.24, 2.45) is 35.5 Å². The number of fused-ring (bicyclic) bond motifs is 13. The van der Waals surface area contributed by atoms with Gasteiger partial charge in [0, 0.05) is 68.5 Å². The molecule has 6 heterocycles. The van der Waals surface area contributed by atoms with Crippen LogP contribution in [0.2, 0.25) is 0 Å². The molecule has 2 unspecified atom stereocenters. The summed E-state index contributed by atoms with van der Waals surface area (Å²) in [4.78, 5) is 11.0. The van der Waals surface area contributed by atoms with E-state index < -0.39 is 0 Å². The molecule has 0 amide bonds. The monoisotopic (exact) mass is 1200 g/mol. The van der Waals surface area contributed by atoms with Gasteiger partial charge < -0.3 is 29.9 Å². The number of likely N-dealkylation sites (tertiary alicyclic amines) is 4. The van der Waals surface area contributed by atoms with Gasteiger partial charge in [-0.3, -0.25) is 19.6 Å². The number of phenols is 4. The summed E-state index contributed by atoms with van der Waals surface area (Å²) in [7, 11) is 0. The largest absolute Gasteiger partial charge is 0.508 e. The summed E-state index contributed by atoms with van der Waals surface area (Å²) in [6.07, 6.45) is 28.0. The highest BCUT2D eigenvalue weighted by molar-refractivity contribution is 5.48. The quantitative estimate of drug-likeness (QED) is 0.136. The summed E-state index contributed by atoms with van der Waals surface area (Å²) in [5.41, 5.74) is 12.6. The first-order valence-electron chi connectivity index (χ1n) is 35.9. The molecule has 88 heavy (non-hydrogen) atoms. The lowest BCUT2D eigenvalue weighted by Gasteiger charge is -2.59. The molecule has 4 aromatic carbocycles. The summed E-state index contributed by atoms with van der Waals surface area (Å²) < 4.78 is 11.7. The topological polar surface area (TPSA) is 112 Å². The third kappa shape index (κ3) is 11.2. The Labute approximate surface area is 529 Å². The molecule has 10 nitrogen and oxygen atoms in total. The van der Waals surface area contributed by atoms with Crippen LogP contribution in [0.1, 0.15) is 202 Å². The number of hydrogen-bond donors (Lipinski definition) is 4. The number of rotatable bonds is 8. The van der Waals surface area contributed by atoms with Crippen LogP contribution in [0.3, 0.4) is 0 Å². The maximum Gasteiger partial charge on any atom is 0.115 e. The Morgan fingerprint density at radius 3 is 1.34 bits per heavy atom. The van der Waals surface area contributed by atoms with Gasteiger partial charge >= 0.3 is 0 Å². The minimum atomic E-state index is 0.198. The molecular weight excluding hydrogens is 1090 g/mol. The fraction of sp³-hybridized carbons (Fsp3) is 0.692. The third-order valence-corrected chi connectivity index (χ3v) is 27.7. The van der Waals surface area contributed by atoms with Crippen LogP contribution < -0.4 is 0 Å². The van der Waals surface area contributed by atoms with Gasteiger partial charge in [-0.05, 0) is 293 Å². The highest BCUT2D eigenvalue weighted by atomic mass is 16.5. The van der Waals surface area contributed by atoms with Crippen molar-refractivity contribution in [2.45, 2.75) is 247 Å². The molecule has 0 spiro atoms. The van der Waals surface area contributed by atoms with Gasteiger partial charge in [0.15, 0.2) is 0 Å². The Balaban J connectivity index is 0.000000103. The van der Waals surface area contributed by atoms with Gasteiger partial charge in [0.25, 0.3) is 0 Å². The van der Waals surface area contributed by atoms with Gasteiger partial charge in [0.1, 0.15) is 23.0 Å². The highest BCUT2D eigenvalue weighted by Crippen LogP contribution is 2.58. The summed E-state index contributed by atoms with van der Waals surface area (Å²) in [5, 5.41) is 39.8. The maximum atomic E-state index is 10.1. The number of phenolic OH excluding ortho intramolecular Hbond substituents is 4. The molecule has 6 aliphatic heterocycles. The summed E-state index contributed by atoms with van der Waals surface area (Å²) in [6.45, 7) is 27.1. The van der Waals surface area contributed by atoms with Crippen molar-refractivity contribution in [3.8, 4) is 23.0 Å². The van der Waals surface area contributed by atoms with Crippen LogP contribution in [0.25, 0.3) is 0 Å². The van der Waals surface area contributed by atoms with Crippen LogP contribution in [0.15, 0.2) is 72.8 Å². The molecule has 478 valence electrons. The predicted octanol–water partition coefficient (Wildman–Crippen LogP) is 14.2. The predicted molar refractivity (Wildman–Crippen MR) is 353 cm³/mol. The Bertz CT molecular complexity index is 3030. The molecule has 9 fully saturated rings. The molecule has 3 saturated carbocycles. The van der Waals surface area contributed by atoms with Gasteiger partial charge in [-0.1, -0.05) is 85.1 Å². The molecule has 10 heteroatoms. The fourth-order valence-electron chi connectivity index (χ4n) is 21.2. The van der Waals surface area contributed by atoms with Gasteiger partial charge in [-0.15, -0.1) is 0 Å². The lowest BCUT2D eigenvalue weighted by molar-refractivity contribution is -0.0240. The molecular formula is C78H110N4O6. The highest BCUT2D eigenvalue weighted by Gasteiger charge is 2.56. The lowest BCUT2D eigenvalue weighted by atomic mass is 9.52. The average Bonchev–Trinajstić information content (AvgIpc) is 0.839. The molecule has 0 radical (unpaired) electrons. The van der Waals surface area contributed by atoms with Crippen molar-refractivity contribution >= 4 is 0 Å². The van der Waals surface area contributed by atoms with Crippen LogP contribution in [0, 0.1) is 35.5 Å². The van der Waals surface area contributed by atoms with Crippen molar-refractivity contribution in [3.63, 3.8) is 0 Å². The first-order chi connectivity index (χ1) is 42.4. The summed E-state index contributed by atoms with van der Waals surface area (Å²) in [5.74, 6) is 6.39. The van der Waals surface area contributed by atoms with Crippen LogP contribution in [0.4, 0.5) is 0 Å². The van der Waals surface area contributed by atoms with Crippen LogP contribution >= 0.6 is 0 Å². The van der Waals surface area contributed by atoms with Gasteiger partial charge in [0.2, 0.25) is 0 Å². The second-order valence-electron chi connectivity index (χ2n) is 31.9. The van der Waals surface area contributed by atoms with E-state index in [1.54, 1.807) is 0 Å². The zero-order valence-electron chi connectivity index (χ0n) is 55.0. The third-order valence-electron chi connectivity index (χ3n) is 27.7. The number of aromatic hydroxyl groups is 4. The van der Waals surface area contributed by atoms with Crippen LogP contribution in [0.5, 0.6) is 23.0 Å². The number of piperidine rings is 4. The van der Waals surface area contributed by atoms with Crippen molar-refractivity contribution < 1.29 is 29.9 Å². The van der Waals surface area contributed by atoms with Crippen molar-refractivity contribution in [1.29, 1.82) is 0 Å². The van der Waals surface area contributed by atoms with E-state index in [0.29, 0.717) is 76.5 Å². The summed E-state index contributed by atoms with van der Waals surface area (Å²) in [6, 6.07) is 27.7. The molecule has 17 rings (SSSR count). The zero-order chi connectivity index (χ0) is 60.9. The Morgan fingerprint density at radius 1 is 0.443 bits per heavy atom. The molecule has 7 aliphatic carbocycles. The SMILES string of the molecule is CC1C2Cc3ccc(O)cc3[C@]1(C)CCN2[C@@H](C)C1CC1.C[C@H]1[C@H]2Cc3ccc(O)cc3[C@]1(C)CCN2C[C@@H]1CCCO1.C[C@H]1[C@H]2Cc3ccc(O)cc3[C@]1(C)CCN2C[C@H]1CCCO1.Oc1ccc2c(c1)[C@@]13CCCC[C@H]1[C@@H](C2)N(CC1CCC1)CC3. The Morgan fingerprint density at radius 2 is 0.875 bits per heavy atom. The van der Waals surface area contributed by atoms with E-state index in [-0.39, 0.29) is 16.2 Å². The second kappa shape index (κ2) is 24.4. The maximum absolute atomic E-state index is 10.1. The van der Waals surface area contributed by atoms with Crippen LogP contribution in [-0.2, 0) is 56.8 Å². The van der Waals surface area contributed by atoms with E-state index in [0.717, 1.165) is 88.5 Å². The molecule has 4 aromatic rings. The molecule has 4 N–H and O–H groups in total. The minimum absolute atomic E-state index is 0.198. The van der Waals surface area contributed by atoms with Gasteiger partial charge in [0.05, 0.1) is 12.2 Å². The van der Waals surface area contributed by atoms with Gasteiger partial charge in [-0.2, -0.15) is 0 Å². The Hall–Kier alpha value is -4.16. The van der Waals surface area contributed by atoms with Crippen LogP contribution in [-0.4, -0.2) is 141 Å². The summed E-state index contributed by atoms with van der Waals surface area (Å²) >= 11 is 0. The van der Waals surface area contributed by atoms with E-state index >= 15 is 0 Å². The molecule has 6 saturated heterocycles. The number of benzene rings is 4. The van der Waals surface area contributed by atoms with Crippen molar-refractivity contribution in [1.82, 2.24) is 19.6 Å². The smallest absolute Gasteiger partial charge is 0.115 e. The molecule has 0 aromatic heterocycles. The Kier molecular flexibility index (Phi) is 17.0. The molecule has 8 bridgehead atoms. The lowest BCUT2D eigenvalue weighted by Crippen LogP contribution is -2.61. The van der Waals surface area contributed by atoms with Crippen molar-refractivity contribution in [3.05, 3.63) is 117 Å². The first-order valence-corrected chi connectivity index (χ1v) is 35.9. The van der Waals surface area contributed by atoms with E-state index in [9.17, 15) is 20.4 Å². The van der Waals surface area contributed by atoms with E-state index in [2.05, 4.69) is 98.4 Å². The molecule has 13 aliphatic rings. The first kappa shape index (κ1) is 61.4. The number of nitrogens with zero attached hydrogens (tertiary/aromatic N) is 4. The normalized spacial score (nSPS) is 37.5. The molecule has 15 atom stereocenters. The second-order valence-corrected chi connectivity index (χ2v) is 31.9. The minimum Gasteiger partial charge on any atom is -0.508 e. The zero-order valence-corrected chi connectivity index (χ0v) is 55.0. The van der Waals surface area contributed by atoms with Crippen molar-refractivity contribution in [2.75, 3.05) is 59.0 Å². The standard InChI is InChI=1S/C21H29NO.2C19H27NO2.C19H27NO/c23-17-8-7-16-12-20-18-6-1-2-9-21(18,19(16)13-17)10-11-22(20)14-15-4-3-5-15;2*1-13-18-10-14-5-6-15(21)11-17(14)19(13,2)7-8-20(18)12-16-4-3-9-22-16;1-12-18-10-15-6-7-16(21)11-17(15)19(12,3)8-9-20(18)13(2)14-4-5-14/h7-8,13,15,18,20,23H,1-6,9-12,14H2;2*5-6,11,13,16,18,21H,3-4,7-10,12H2,1-2H3;6-7,11-14,18,21H,4-5,8-10H2,1-3H3/t18-,20+,21+;13-,16+,18+,19+;13-,16-,18+,19+;12?,13-,18?,19+/m0000/s1. The van der Waals surface area contributed by atoms with E-state index in [4.69, 9.17) is 9.47 Å². The fourth-order valence-corrected chi connectivity index (χ4v) is 21.2. The van der Waals surface area contributed by atoms with Gasteiger partial charge in [-0.25, -0.2) is 0 Å². The van der Waals surface area contributed by atoms with E-state index in [1.165, 1.54) is 180 Å².